The van der Waals surface area contributed by atoms with Crippen LogP contribution in [-0.4, -0.2) is 11.1 Å². The number of rotatable bonds is 5. The summed E-state index contributed by atoms with van der Waals surface area (Å²) >= 11 is 7.39. The van der Waals surface area contributed by atoms with Gasteiger partial charge in [-0.3, -0.25) is 4.79 Å². The van der Waals surface area contributed by atoms with E-state index in [1.807, 2.05) is 12.1 Å². The zero-order valence-corrected chi connectivity index (χ0v) is 9.57. The van der Waals surface area contributed by atoms with E-state index in [0.717, 1.165) is 17.2 Å². The molecule has 0 bridgehead atoms. The second-order valence-corrected chi connectivity index (χ2v) is 5.08. The highest BCUT2D eigenvalue weighted by Gasteiger charge is 2.08. The van der Waals surface area contributed by atoms with Crippen molar-refractivity contribution >= 4 is 28.9 Å². The lowest BCUT2D eigenvalue weighted by molar-refractivity contribution is -0.137. The minimum Gasteiger partial charge on any atom is -0.481 e. The first-order chi connectivity index (χ1) is 6.59. The highest BCUT2D eigenvalue weighted by atomic mass is 35.5. The van der Waals surface area contributed by atoms with Crippen LogP contribution in [0.2, 0.25) is 4.34 Å². The van der Waals surface area contributed by atoms with Crippen molar-refractivity contribution in [2.45, 2.75) is 32.1 Å². The Balaban J connectivity index is 2.35. The molecule has 14 heavy (non-hydrogen) atoms. The van der Waals surface area contributed by atoms with Gasteiger partial charge in [-0.05, 0) is 30.9 Å². The maximum Gasteiger partial charge on any atom is 0.303 e. The molecule has 0 fully saturated rings. The molecule has 2 nitrogen and oxygen atoms in total. The topological polar surface area (TPSA) is 37.3 Å². The molecular weight excluding hydrogens is 220 g/mol. The van der Waals surface area contributed by atoms with E-state index < -0.39 is 5.97 Å². The summed E-state index contributed by atoms with van der Waals surface area (Å²) in [6, 6.07) is 3.90. The minimum absolute atomic E-state index is 0.253. The summed E-state index contributed by atoms with van der Waals surface area (Å²) in [6.45, 7) is 2.10. The van der Waals surface area contributed by atoms with Crippen LogP contribution in [0.5, 0.6) is 0 Å². The molecule has 0 spiro atoms. The predicted molar refractivity (Wildman–Crippen MR) is 59.2 cm³/mol. The van der Waals surface area contributed by atoms with Gasteiger partial charge in [0.25, 0.3) is 0 Å². The highest BCUT2D eigenvalue weighted by molar-refractivity contribution is 7.16. The normalized spacial score (nSPS) is 12.7. The molecule has 0 saturated heterocycles. The number of hydrogen-bond donors (Lipinski definition) is 1. The second-order valence-electron chi connectivity index (χ2n) is 3.33. The molecule has 0 aliphatic carbocycles. The van der Waals surface area contributed by atoms with Gasteiger partial charge in [0.1, 0.15) is 0 Å². The molecule has 0 aliphatic heterocycles. The molecule has 1 unspecified atom stereocenters. The van der Waals surface area contributed by atoms with Gasteiger partial charge in [0.15, 0.2) is 0 Å². The largest absolute Gasteiger partial charge is 0.481 e. The molecular formula is C10H13ClO2S. The van der Waals surface area contributed by atoms with E-state index in [1.54, 1.807) is 11.3 Å². The summed E-state index contributed by atoms with van der Waals surface area (Å²) in [5.41, 5.74) is 0. The van der Waals surface area contributed by atoms with Crippen LogP contribution < -0.4 is 0 Å². The van der Waals surface area contributed by atoms with E-state index in [1.165, 1.54) is 4.88 Å². The van der Waals surface area contributed by atoms with Gasteiger partial charge in [-0.15, -0.1) is 11.3 Å². The van der Waals surface area contributed by atoms with Crippen LogP contribution in [0.15, 0.2) is 12.1 Å². The molecule has 0 saturated carbocycles. The molecule has 4 heteroatoms. The van der Waals surface area contributed by atoms with E-state index in [4.69, 9.17) is 16.7 Å². The van der Waals surface area contributed by atoms with Crippen LogP contribution in [-0.2, 0) is 4.79 Å². The molecule has 1 aromatic rings. The van der Waals surface area contributed by atoms with Crippen molar-refractivity contribution in [2.75, 3.05) is 0 Å². The fourth-order valence-electron chi connectivity index (χ4n) is 1.29. The third-order valence-electron chi connectivity index (χ3n) is 2.11. The smallest absolute Gasteiger partial charge is 0.303 e. The van der Waals surface area contributed by atoms with E-state index in [0.29, 0.717) is 5.92 Å². The molecule has 1 rings (SSSR count). The van der Waals surface area contributed by atoms with Crippen LogP contribution in [0.4, 0.5) is 0 Å². The first-order valence-electron chi connectivity index (χ1n) is 4.56. The number of hydrogen-bond acceptors (Lipinski definition) is 2. The summed E-state index contributed by atoms with van der Waals surface area (Å²) in [5.74, 6) is -0.312. The van der Waals surface area contributed by atoms with Gasteiger partial charge in [0.2, 0.25) is 0 Å². The van der Waals surface area contributed by atoms with E-state index in [2.05, 4.69) is 6.92 Å². The summed E-state index contributed by atoms with van der Waals surface area (Å²) < 4.78 is 0.796. The molecule has 1 heterocycles. The van der Waals surface area contributed by atoms with Crippen molar-refractivity contribution in [1.29, 1.82) is 0 Å². The fourth-order valence-corrected chi connectivity index (χ4v) is 2.44. The monoisotopic (exact) mass is 232 g/mol. The Kier molecular flexibility index (Phi) is 4.42. The Morgan fingerprint density at radius 3 is 2.86 bits per heavy atom. The van der Waals surface area contributed by atoms with Crippen LogP contribution in [0.25, 0.3) is 0 Å². The summed E-state index contributed by atoms with van der Waals surface area (Å²) in [4.78, 5) is 11.5. The van der Waals surface area contributed by atoms with Crippen molar-refractivity contribution in [1.82, 2.24) is 0 Å². The SMILES string of the molecule is CC(CCCC(=O)O)c1ccc(Cl)s1. The summed E-state index contributed by atoms with van der Waals surface area (Å²) in [5, 5.41) is 8.48. The first-order valence-corrected chi connectivity index (χ1v) is 5.76. The summed E-state index contributed by atoms with van der Waals surface area (Å²) in [6.07, 6.45) is 1.89. The molecule has 1 N–H and O–H groups in total. The number of carboxylic acid groups (broad SMARTS) is 1. The van der Waals surface area contributed by atoms with Crippen molar-refractivity contribution < 1.29 is 9.90 Å². The maximum atomic E-state index is 10.3. The Hall–Kier alpha value is -0.540. The van der Waals surface area contributed by atoms with Crippen LogP contribution in [0, 0.1) is 0 Å². The number of aliphatic carboxylic acids is 1. The zero-order chi connectivity index (χ0) is 10.6. The molecule has 1 aromatic heterocycles. The Labute approximate surface area is 92.5 Å². The van der Waals surface area contributed by atoms with Crippen molar-refractivity contribution in [3.05, 3.63) is 21.3 Å². The fraction of sp³-hybridized carbons (Fsp3) is 0.500. The first kappa shape index (κ1) is 11.5. The Bertz CT molecular complexity index is 309. The number of halogens is 1. The second kappa shape index (κ2) is 5.37. The standard InChI is InChI=1S/C10H13ClO2S/c1-7(3-2-4-10(12)13)8-5-6-9(11)14-8/h5-7H,2-4H2,1H3,(H,12,13). The van der Waals surface area contributed by atoms with Crippen molar-refractivity contribution in [2.24, 2.45) is 0 Å². The van der Waals surface area contributed by atoms with Gasteiger partial charge in [0, 0.05) is 11.3 Å². The van der Waals surface area contributed by atoms with Crippen molar-refractivity contribution in [3.63, 3.8) is 0 Å². The highest BCUT2D eigenvalue weighted by Crippen LogP contribution is 2.30. The lowest BCUT2D eigenvalue weighted by atomic mass is 10.0. The van der Waals surface area contributed by atoms with E-state index in [-0.39, 0.29) is 6.42 Å². The predicted octanol–water partition coefficient (Wildman–Crippen LogP) is 3.76. The Morgan fingerprint density at radius 1 is 1.64 bits per heavy atom. The maximum absolute atomic E-state index is 10.3. The molecule has 0 aliphatic rings. The Morgan fingerprint density at radius 2 is 2.36 bits per heavy atom. The van der Waals surface area contributed by atoms with E-state index >= 15 is 0 Å². The average Bonchev–Trinajstić information content (AvgIpc) is 2.51. The van der Waals surface area contributed by atoms with Gasteiger partial charge < -0.3 is 5.11 Å². The number of carboxylic acids is 1. The number of thiophene rings is 1. The quantitative estimate of drug-likeness (QED) is 0.839. The average molecular weight is 233 g/mol. The molecule has 0 amide bonds. The third-order valence-corrected chi connectivity index (χ3v) is 3.57. The molecule has 78 valence electrons. The lowest BCUT2D eigenvalue weighted by Gasteiger charge is -2.07. The third kappa shape index (κ3) is 3.68. The van der Waals surface area contributed by atoms with Crippen molar-refractivity contribution in [3.8, 4) is 0 Å². The van der Waals surface area contributed by atoms with Crippen LogP contribution in [0.3, 0.4) is 0 Å². The molecule has 0 aromatic carbocycles. The van der Waals surface area contributed by atoms with Gasteiger partial charge >= 0.3 is 5.97 Å². The van der Waals surface area contributed by atoms with Gasteiger partial charge in [-0.1, -0.05) is 18.5 Å². The van der Waals surface area contributed by atoms with Gasteiger partial charge in [-0.25, -0.2) is 0 Å². The zero-order valence-electron chi connectivity index (χ0n) is 8.00. The van der Waals surface area contributed by atoms with Gasteiger partial charge in [0.05, 0.1) is 4.34 Å². The number of carbonyl (C=O) groups is 1. The lowest BCUT2D eigenvalue weighted by Crippen LogP contribution is -1.96. The summed E-state index contributed by atoms with van der Waals surface area (Å²) in [7, 11) is 0. The molecule has 0 radical (unpaired) electrons. The van der Waals surface area contributed by atoms with Crippen LogP contribution in [0.1, 0.15) is 37.0 Å². The molecule has 1 atom stereocenters. The minimum atomic E-state index is -0.721. The van der Waals surface area contributed by atoms with Crippen LogP contribution >= 0.6 is 22.9 Å². The van der Waals surface area contributed by atoms with Gasteiger partial charge in [-0.2, -0.15) is 0 Å². The van der Waals surface area contributed by atoms with E-state index in [9.17, 15) is 4.79 Å².